The van der Waals surface area contributed by atoms with Gasteiger partial charge in [0.2, 0.25) is 10.0 Å². The Hall–Kier alpha value is -3.29. The summed E-state index contributed by atoms with van der Waals surface area (Å²) >= 11 is 0. The Labute approximate surface area is 180 Å². The normalized spacial score (nSPS) is 14.8. The van der Waals surface area contributed by atoms with Gasteiger partial charge in [-0.3, -0.25) is 0 Å². The van der Waals surface area contributed by atoms with Gasteiger partial charge in [-0.2, -0.15) is 4.72 Å². The minimum atomic E-state index is -3.88. The monoisotopic (exact) mass is 435 g/mol. The van der Waals surface area contributed by atoms with Crippen LogP contribution in [0.25, 0.3) is 11.0 Å². The van der Waals surface area contributed by atoms with Crippen LogP contribution in [-0.4, -0.2) is 21.6 Å². The van der Waals surface area contributed by atoms with Crippen LogP contribution in [-0.2, 0) is 10.0 Å². The topological polar surface area (TPSA) is 77.8 Å². The van der Waals surface area contributed by atoms with Gasteiger partial charge in [0, 0.05) is 17.9 Å². The molecule has 3 aromatic carbocycles. The van der Waals surface area contributed by atoms with Crippen molar-refractivity contribution in [2.24, 2.45) is 0 Å². The number of fused-ring (bicyclic) bond motifs is 2. The van der Waals surface area contributed by atoms with Crippen LogP contribution in [0.5, 0.6) is 11.5 Å². The van der Waals surface area contributed by atoms with E-state index in [4.69, 9.17) is 13.9 Å². The molecule has 2 heterocycles. The van der Waals surface area contributed by atoms with E-state index in [0.717, 1.165) is 17.4 Å². The maximum Gasteiger partial charge on any atom is 0.241 e. The van der Waals surface area contributed by atoms with Gasteiger partial charge in [-0.1, -0.05) is 48.5 Å². The highest BCUT2D eigenvalue weighted by Gasteiger charge is 2.27. The predicted octanol–water partition coefficient (Wildman–Crippen LogP) is 4.66. The summed E-state index contributed by atoms with van der Waals surface area (Å²) in [6, 6.07) is 22.8. The largest absolute Gasteiger partial charge is 0.490 e. The minimum absolute atomic E-state index is 0.105. The number of nitrogens with one attached hydrogen (secondary N) is 1. The highest BCUT2D eigenvalue weighted by molar-refractivity contribution is 7.89. The Kier molecular flexibility index (Phi) is 5.13. The third kappa shape index (κ3) is 4.02. The average Bonchev–Trinajstić information content (AvgIpc) is 3.08. The number of rotatable bonds is 5. The van der Waals surface area contributed by atoms with Crippen LogP contribution in [0.3, 0.4) is 0 Å². The average molecular weight is 436 g/mol. The van der Waals surface area contributed by atoms with Gasteiger partial charge in [0.05, 0.1) is 18.1 Å². The van der Waals surface area contributed by atoms with Crippen LogP contribution in [0.1, 0.15) is 23.8 Å². The molecule has 1 aromatic heterocycles. The van der Waals surface area contributed by atoms with Crippen LogP contribution in [0.15, 0.2) is 88.2 Å². The standard InChI is InChI=1S/C24H21NO5S/c26-31(27,19-11-12-21-22(16-19)29-14-6-13-28-21)25-24(17-7-2-1-3-8-17)23-15-18-9-4-5-10-20(18)30-23/h1-5,7-12,15-16,24-25H,6,13-14H2/t24-/m0/s1. The van der Waals surface area contributed by atoms with Gasteiger partial charge in [-0.05, 0) is 29.8 Å². The summed E-state index contributed by atoms with van der Waals surface area (Å²) in [5.41, 5.74) is 1.48. The van der Waals surface area contributed by atoms with Crippen molar-refractivity contribution in [2.45, 2.75) is 17.4 Å². The molecular weight excluding hydrogens is 414 g/mol. The van der Waals surface area contributed by atoms with E-state index in [1.165, 1.54) is 12.1 Å². The Morgan fingerprint density at radius 1 is 0.806 bits per heavy atom. The summed E-state index contributed by atoms with van der Waals surface area (Å²) in [6.07, 6.45) is 0.747. The molecule has 0 saturated heterocycles. The van der Waals surface area contributed by atoms with Gasteiger partial charge in [-0.15, -0.1) is 0 Å². The zero-order chi connectivity index (χ0) is 21.3. The molecule has 0 amide bonds. The van der Waals surface area contributed by atoms with Crippen molar-refractivity contribution >= 4 is 21.0 Å². The zero-order valence-corrected chi connectivity index (χ0v) is 17.5. The van der Waals surface area contributed by atoms with Crippen molar-refractivity contribution in [3.63, 3.8) is 0 Å². The summed E-state index contributed by atoms with van der Waals surface area (Å²) in [4.78, 5) is 0.105. The van der Waals surface area contributed by atoms with Gasteiger partial charge in [0.25, 0.3) is 0 Å². The van der Waals surface area contributed by atoms with E-state index in [1.54, 1.807) is 6.07 Å². The van der Waals surface area contributed by atoms with E-state index in [9.17, 15) is 8.42 Å². The lowest BCUT2D eigenvalue weighted by Crippen LogP contribution is -2.29. The molecule has 0 bridgehead atoms. The quantitative estimate of drug-likeness (QED) is 0.493. The third-order valence-electron chi connectivity index (χ3n) is 5.16. The number of hydrogen-bond donors (Lipinski definition) is 1. The molecular formula is C24H21NO5S. The second-order valence-electron chi connectivity index (χ2n) is 7.31. The number of para-hydroxylation sites is 1. The van der Waals surface area contributed by atoms with Crippen LogP contribution in [0.2, 0.25) is 0 Å². The van der Waals surface area contributed by atoms with Gasteiger partial charge >= 0.3 is 0 Å². The Balaban J connectivity index is 1.54. The fourth-order valence-corrected chi connectivity index (χ4v) is 4.82. The Bertz CT molecular complexity index is 1280. The predicted molar refractivity (Wildman–Crippen MR) is 117 cm³/mol. The fourth-order valence-electron chi connectivity index (χ4n) is 3.61. The van der Waals surface area contributed by atoms with Crippen molar-refractivity contribution in [2.75, 3.05) is 13.2 Å². The highest BCUT2D eigenvalue weighted by atomic mass is 32.2. The molecule has 0 spiro atoms. The molecule has 1 N–H and O–H groups in total. The summed E-state index contributed by atoms with van der Waals surface area (Å²) < 4.78 is 46.7. The Morgan fingerprint density at radius 2 is 1.55 bits per heavy atom. The first-order valence-corrected chi connectivity index (χ1v) is 11.5. The SMILES string of the molecule is O=S(=O)(N[C@@H](c1ccccc1)c1cc2ccccc2o1)c1ccc2c(c1)OCCCO2. The molecule has 6 nitrogen and oxygen atoms in total. The molecule has 0 fully saturated rings. The van der Waals surface area contributed by atoms with Crippen LogP contribution in [0, 0.1) is 0 Å². The van der Waals surface area contributed by atoms with E-state index in [-0.39, 0.29) is 4.90 Å². The van der Waals surface area contributed by atoms with Crippen LogP contribution in [0.4, 0.5) is 0 Å². The van der Waals surface area contributed by atoms with E-state index in [2.05, 4.69) is 4.72 Å². The first kappa shape index (κ1) is 19.7. The molecule has 5 rings (SSSR count). The number of furan rings is 1. The summed E-state index contributed by atoms with van der Waals surface area (Å²) in [7, 11) is -3.88. The van der Waals surface area contributed by atoms with Crippen LogP contribution >= 0.6 is 0 Å². The molecule has 1 aliphatic heterocycles. The van der Waals surface area contributed by atoms with E-state index in [1.807, 2.05) is 60.7 Å². The maximum atomic E-state index is 13.3. The van der Waals surface area contributed by atoms with Crippen molar-refractivity contribution in [3.8, 4) is 11.5 Å². The third-order valence-corrected chi connectivity index (χ3v) is 6.58. The molecule has 7 heteroatoms. The van der Waals surface area contributed by atoms with E-state index in [0.29, 0.717) is 36.1 Å². The number of benzene rings is 3. The summed E-state index contributed by atoms with van der Waals surface area (Å²) in [5.74, 6) is 1.50. The molecule has 1 aliphatic rings. The van der Waals surface area contributed by atoms with E-state index >= 15 is 0 Å². The number of sulfonamides is 1. The lowest BCUT2D eigenvalue weighted by Gasteiger charge is -2.18. The minimum Gasteiger partial charge on any atom is -0.490 e. The second-order valence-corrected chi connectivity index (χ2v) is 9.02. The molecule has 4 aromatic rings. The molecule has 0 saturated carbocycles. The smallest absolute Gasteiger partial charge is 0.241 e. The number of ether oxygens (including phenoxy) is 2. The van der Waals surface area contributed by atoms with Gasteiger partial charge in [0.15, 0.2) is 11.5 Å². The molecule has 0 radical (unpaired) electrons. The first-order chi connectivity index (χ1) is 15.1. The van der Waals surface area contributed by atoms with Crippen molar-refractivity contribution in [1.82, 2.24) is 4.72 Å². The van der Waals surface area contributed by atoms with Gasteiger partial charge in [-0.25, -0.2) is 8.42 Å². The lowest BCUT2D eigenvalue weighted by molar-refractivity contribution is 0.297. The van der Waals surface area contributed by atoms with Crippen molar-refractivity contribution < 1.29 is 22.3 Å². The molecule has 1 atom stereocenters. The Morgan fingerprint density at radius 3 is 2.35 bits per heavy atom. The van der Waals surface area contributed by atoms with Crippen molar-refractivity contribution in [1.29, 1.82) is 0 Å². The number of hydrogen-bond acceptors (Lipinski definition) is 5. The first-order valence-electron chi connectivity index (χ1n) is 10.1. The molecule has 0 aliphatic carbocycles. The van der Waals surface area contributed by atoms with Crippen LogP contribution < -0.4 is 14.2 Å². The summed E-state index contributed by atoms with van der Waals surface area (Å²) in [5, 5.41) is 0.910. The van der Waals surface area contributed by atoms with Gasteiger partial charge in [0.1, 0.15) is 17.4 Å². The maximum absolute atomic E-state index is 13.3. The molecule has 0 unspecified atom stereocenters. The molecule has 31 heavy (non-hydrogen) atoms. The van der Waals surface area contributed by atoms with Gasteiger partial charge < -0.3 is 13.9 Å². The zero-order valence-electron chi connectivity index (χ0n) is 16.7. The van der Waals surface area contributed by atoms with Crippen molar-refractivity contribution in [3.05, 3.63) is 90.2 Å². The lowest BCUT2D eigenvalue weighted by atomic mass is 10.1. The summed E-state index contributed by atoms with van der Waals surface area (Å²) in [6.45, 7) is 1.02. The molecule has 158 valence electrons. The highest BCUT2D eigenvalue weighted by Crippen LogP contribution is 2.34. The van der Waals surface area contributed by atoms with E-state index < -0.39 is 16.1 Å². The second kappa shape index (κ2) is 8.09. The fraction of sp³-hybridized carbons (Fsp3) is 0.167.